The van der Waals surface area contributed by atoms with Crippen LogP contribution in [0.3, 0.4) is 0 Å². The van der Waals surface area contributed by atoms with Gasteiger partial charge in [-0.25, -0.2) is 0 Å². The fraction of sp³-hybridized carbons (Fsp3) is 0.167. The maximum atomic E-state index is 12.4. The van der Waals surface area contributed by atoms with Crippen LogP contribution in [0.1, 0.15) is 22.8 Å². The van der Waals surface area contributed by atoms with Gasteiger partial charge >= 0.3 is 0 Å². The molecule has 0 heterocycles. The summed E-state index contributed by atoms with van der Waals surface area (Å²) in [6.07, 6.45) is 0.140. The number of anilines is 1. The van der Waals surface area contributed by atoms with E-state index in [4.69, 9.17) is 28.9 Å². The molecule has 2 aromatic rings. The van der Waals surface area contributed by atoms with Crippen molar-refractivity contribution in [1.29, 1.82) is 0 Å². The van der Waals surface area contributed by atoms with E-state index in [1.54, 1.807) is 30.3 Å². The quantitative estimate of drug-likeness (QED) is 0.702. The topological polar surface area (TPSA) is 101 Å². The van der Waals surface area contributed by atoms with Crippen LogP contribution < -0.4 is 16.4 Å². The molecule has 0 saturated carbocycles. The van der Waals surface area contributed by atoms with Crippen LogP contribution in [0, 0.1) is 0 Å². The molecule has 0 fully saturated rings. The lowest BCUT2D eigenvalue weighted by Crippen LogP contribution is -2.45. The molecule has 6 nitrogen and oxygen atoms in total. The number of carbonyl (C=O) groups is 3. The molecular formula is C18H17Cl2N3O3. The Morgan fingerprint density at radius 3 is 2.27 bits per heavy atom. The Bertz CT molecular complexity index is 838. The number of carbonyl (C=O) groups excluding carboxylic acids is 3. The van der Waals surface area contributed by atoms with Crippen LogP contribution in [-0.4, -0.2) is 23.8 Å². The minimum absolute atomic E-state index is 0.140. The standard InChI is InChI=1S/C18H17Cl2N3O3/c1-10(24)22-14-6-3-11(4-7-14)18(26)23-16(17(21)25)8-12-2-5-13(19)9-15(12)20/h2-7,9,16H,8H2,1H3,(H2,21,25)(H,22,24)(H,23,26)/t16-/m1/s1. The molecule has 0 spiro atoms. The zero-order valence-electron chi connectivity index (χ0n) is 13.9. The van der Waals surface area contributed by atoms with E-state index in [1.807, 2.05) is 0 Å². The first-order valence-corrected chi connectivity index (χ1v) is 8.43. The van der Waals surface area contributed by atoms with Gasteiger partial charge in [-0.2, -0.15) is 0 Å². The molecule has 3 amide bonds. The molecule has 0 unspecified atom stereocenters. The van der Waals surface area contributed by atoms with Gasteiger partial charge in [0.2, 0.25) is 11.8 Å². The molecule has 0 aliphatic rings. The zero-order valence-corrected chi connectivity index (χ0v) is 15.4. The summed E-state index contributed by atoms with van der Waals surface area (Å²) >= 11 is 12.0. The second-order valence-corrected chi connectivity index (χ2v) is 6.47. The molecule has 8 heteroatoms. The van der Waals surface area contributed by atoms with E-state index >= 15 is 0 Å². The van der Waals surface area contributed by atoms with E-state index in [0.717, 1.165) is 0 Å². The lowest BCUT2D eigenvalue weighted by molar-refractivity contribution is -0.119. The third kappa shape index (κ3) is 5.47. The summed E-state index contributed by atoms with van der Waals surface area (Å²) in [6.45, 7) is 1.39. The van der Waals surface area contributed by atoms with Crippen molar-refractivity contribution in [3.8, 4) is 0 Å². The molecule has 0 bridgehead atoms. The minimum atomic E-state index is -0.934. The molecule has 2 aromatic carbocycles. The molecule has 4 N–H and O–H groups in total. The van der Waals surface area contributed by atoms with Gasteiger partial charge in [0, 0.05) is 34.6 Å². The summed E-state index contributed by atoms with van der Waals surface area (Å²) in [5.74, 6) is -1.36. The van der Waals surface area contributed by atoms with Gasteiger partial charge in [-0.05, 0) is 42.0 Å². The monoisotopic (exact) mass is 393 g/mol. The Balaban J connectivity index is 2.10. The van der Waals surface area contributed by atoms with Crippen LogP contribution in [0.15, 0.2) is 42.5 Å². The summed E-state index contributed by atoms with van der Waals surface area (Å²) in [6, 6.07) is 10.2. The van der Waals surface area contributed by atoms with Crippen molar-refractivity contribution in [3.63, 3.8) is 0 Å². The van der Waals surface area contributed by atoms with Gasteiger partial charge in [0.05, 0.1) is 0 Å². The van der Waals surface area contributed by atoms with Crippen molar-refractivity contribution in [1.82, 2.24) is 5.32 Å². The molecular weight excluding hydrogens is 377 g/mol. The second-order valence-electron chi connectivity index (χ2n) is 5.63. The fourth-order valence-electron chi connectivity index (χ4n) is 2.28. The van der Waals surface area contributed by atoms with Crippen molar-refractivity contribution in [3.05, 3.63) is 63.6 Å². The number of hydrogen-bond acceptors (Lipinski definition) is 3. The van der Waals surface area contributed by atoms with Gasteiger partial charge < -0.3 is 16.4 Å². The predicted octanol–water partition coefficient (Wildman–Crippen LogP) is 2.78. The van der Waals surface area contributed by atoms with Gasteiger partial charge in [0.1, 0.15) is 6.04 Å². The van der Waals surface area contributed by atoms with Crippen LogP contribution >= 0.6 is 23.2 Å². The first kappa shape index (κ1) is 19.8. The first-order chi connectivity index (χ1) is 12.3. The SMILES string of the molecule is CC(=O)Nc1ccc(C(=O)N[C@H](Cc2ccc(Cl)cc2Cl)C(N)=O)cc1. The smallest absolute Gasteiger partial charge is 0.251 e. The molecule has 0 saturated heterocycles. The molecule has 2 rings (SSSR count). The number of nitrogens with two attached hydrogens (primary N) is 1. The van der Waals surface area contributed by atoms with E-state index in [0.29, 0.717) is 26.9 Å². The Labute approximate surface area is 160 Å². The number of primary amides is 1. The number of amides is 3. The second kappa shape index (κ2) is 8.69. The lowest BCUT2D eigenvalue weighted by atomic mass is 10.0. The Hall–Kier alpha value is -2.57. The van der Waals surface area contributed by atoms with Crippen LogP contribution in [0.2, 0.25) is 10.0 Å². The van der Waals surface area contributed by atoms with Crippen LogP contribution in [0.25, 0.3) is 0 Å². The van der Waals surface area contributed by atoms with Gasteiger partial charge in [-0.3, -0.25) is 14.4 Å². The van der Waals surface area contributed by atoms with E-state index in [1.165, 1.54) is 19.1 Å². The highest BCUT2D eigenvalue weighted by Gasteiger charge is 2.20. The molecule has 1 atom stereocenters. The maximum absolute atomic E-state index is 12.4. The third-order valence-electron chi connectivity index (χ3n) is 3.56. The van der Waals surface area contributed by atoms with Crippen molar-refractivity contribution >= 4 is 46.6 Å². The van der Waals surface area contributed by atoms with Gasteiger partial charge in [-0.1, -0.05) is 29.3 Å². The highest BCUT2D eigenvalue weighted by molar-refractivity contribution is 6.35. The number of halogens is 2. The Morgan fingerprint density at radius 2 is 1.73 bits per heavy atom. The highest BCUT2D eigenvalue weighted by Crippen LogP contribution is 2.22. The highest BCUT2D eigenvalue weighted by atomic mass is 35.5. The Kier molecular flexibility index (Phi) is 6.60. The van der Waals surface area contributed by atoms with Crippen LogP contribution in [-0.2, 0) is 16.0 Å². The summed E-state index contributed by atoms with van der Waals surface area (Å²) in [5.41, 5.74) is 6.93. The predicted molar refractivity (Wildman–Crippen MR) is 101 cm³/mol. The minimum Gasteiger partial charge on any atom is -0.368 e. The summed E-state index contributed by atoms with van der Waals surface area (Å²) in [7, 11) is 0. The van der Waals surface area contributed by atoms with Crippen molar-refractivity contribution in [2.75, 3.05) is 5.32 Å². The van der Waals surface area contributed by atoms with E-state index in [-0.39, 0.29) is 12.3 Å². The van der Waals surface area contributed by atoms with Gasteiger partial charge in [0.15, 0.2) is 0 Å². The van der Waals surface area contributed by atoms with Gasteiger partial charge in [0.25, 0.3) is 5.91 Å². The largest absolute Gasteiger partial charge is 0.368 e. The van der Waals surface area contributed by atoms with Crippen LogP contribution in [0.5, 0.6) is 0 Å². The molecule has 0 aliphatic heterocycles. The fourth-order valence-corrected chi connectivity index (χ4v) is 2.77. The molecule has 0 radical (unpaired) electrons. The van der Waals surface area contributed by atoms with E-state index in [2.05, 4.69) is 10.6 Å². The summed E-state index contributed by atoms with van der Waals surface area (Å²) in [4.78, 5) is 35.1. The maximum Gasteiger partial charge on any atom is 0.251 e. The number of rotatable bonds is 6. The number of benzene rings is 2. The van der Waals surface area contributed by atoms with Crippen LogP contribution in [0.4, 0.5) is 5.69 Å². The lowest BCUT2D eigenvalue weighted by Gasteiger charge is -2.16. The molecule has 26 heavy (non-hydrogen) atoms. The van der Waals surface area contributed by atoms with E-state index < -0.39 is 17.9 Å². The number of hydrogen-bond donors (Lipinski definition) is 3. The van der Waals surface area contributed by atoms with Crippen molar-refractivity contribution in [2.45, 2.75) is 19.4 Å². The zero-order chi connectivity index (χ0) is 19.3. The first-order valence-electron chi connectivity index (χ1n) is 7.68. The average molecular weight is 394 g/mol. The molecule has 0 aromatic heterocycles. The third-order valence-corrected chi connectivity index (χ3v) is 4.14. The normalized spacial score (nSPS) is 11.5. The molecule has 136 valence electrons. The summed E-state index contributed by atoms with van der Waals surface area (Å²) < 4.78 is 0. The Morgan fingerprint density at radius 1 is 1.08 bits per heavy atom. The molecule has 0 aliphatic carbocycles. The van der Waals surface area contributed by atoms with E-state index in [9.17, 15) is 14.4 Å². The average Bonchev–Trinajstić information content (AvgIpc) is 2.56. The summed E-state index contributed by atoms with van der Waals surface area (Å²) in [5, 5.41) is 6.05. The number of nitrogens with one attached hydrogen (secondary N) is 2. The van der Waals surface area contributed by atoms with Gasteiger partial charge in [-0.15, -0.1) is 0 Å². The van der Waals surface area contributed by atoms with Crippen molar-refractivity contribution < 1.29 is 14.4 Å². The van der Waals surface area contributed by atoms with Crippen molar-refractivity contribution in [2.24, 2.45) is 5.73 Å².